The number of hydrogen-bond donors (Lipinski definition) is 0. The maximum Gasteiger partial charge on any atom is 0.254 e. The van der Waals surface area contributed by atoms with Crippen molar-refractivity contribution >= 4 is 89.3 Å². The number of nitrogens with zero attached hydrogens (tertiary/aromatic N) is 3. The van der Waals surface area contributed by atoms with Crippen LogP contribution >= 0.6 is 11.3 Å². The Kier molecular flexibility index (Phi) is 11.5. The lowest BCUT2D eigenvalue weighted by atomic mass is 9.33. The minimum Gasteiger partial charge on any atom is -0.334 e. The molecule has 0 amide bonds. The Morgan fingerprint density at radius 1 is 0.482 bits per heavy atom. The van der Waals surface area contributed by atoms with Crippen molar-refractivity contribution in [3.8, 4) is 11.1 Å². The van der Waals surface area contributed by atoms with Crippen molar-refractivity contribution in [2.45, 2.75) is 218 Å². The van der Waals surface area contributed by atoms with E-state index in [9.17, 15) is 0 Å². The molecule has 424 valence electrons. The average molecular weight is 1110 g/mol. The number of anilines is 8. The van der Waals surface area contributed by atoms with E-state index in [4.69, 9.17) is 0 Å². The van der Waals surface area contributed by atoms with Gasteiger partial charge in [-0.3, -0.25) is 0 Å². The summed E-state index contributed by atoms with van der Waals surface area (Å²) in [6, 6.07) is 52.5. The molecule has 3 aliphatic heterocycles. The molecular formula is C78H88BN3S. The van der Waals surface area contributed by atoms with Gasteiger partial charge in [-0.05, 0) is 224 Å². The first-order valence-corrected chi connectivity index (χ1v) is 33.0. The second-order valence-electron chi connectivity index (χ2n) is 31.4. The zero-order valence-corrected chi connectivity index (χ0v) is 53.5. The minimum atomic E-state index is -0.138. The predicted octanol–water partition coefficient (Wildman–Crippen LogP) is 20.4. The van der Waals surface area contributed by atoms with Crippen molar-refractivity contribution in [3.05, 3.63) is 172 Å². The largest absolute Gasteiger partial charge is 0.334 e. The molecule has 15 rings (SSSR count). The highest BCUT2D eigenvalue weighted by Crippen LogP contribution is 2.63. The summed E-state index contributed by atoms with van der Waals surface area (Å²) in [5.74, 6) is 1.06. The first kappa shape index (κ1) is 53.7. The van der Waals surface area contributed by atoms with E-state index in [0.717, 1.165) is 12.8 Å². The van der Waals surface area contributed by atoms with Crippen LogP contribution in [-0.2, 0) is 32.5 Å². The van der Waals surface area contributed by atoms with Crippen LogP contribution < -0.4 is 31.1 Å². The fourth-order valence-electron chi connectivity index (χ4n) is 17.8. The molecule has 8 aromatic rings. The van der Waals surface area contributed by atoms with Crippen molar-refractivity contribution in [2.24, 2.45) is 0 Å². The topological polar surface area (TPSA) is 9.72 Å². The molecule has 1 fully saturated rings. The Morgan fingerprint density at radius 2 is 1.08 bits per heavy atom. The van der Waals surface area contributed by atoms with Gasteiger partial charge in [0, 0.05) is 49.8 Å². The van der Waals surface area contributed by atoms with Crippen LogP contribution in [0.5, 0.6) is 0 Å². The van der Waals surface area contributed by atoms with Crippen LogP contribution in [0.3, 0.4) is 0 Å². The number of thiophene rings is 1. The van der Waals surface area contributed by atoms with Gasteiger partial charge in [0.2, 0.25) is 0 Å². The fraction of sp³-hybridized carbons (Fsp3) is 0.436. The number of rotatable bonds is 4. The summed E-state index contributed by atoms with van der Waals surface area (Å²) in [6.45, 7) is 37.5. The van der Waals surface area contributed by atoms with E-state index in [0.29, 0.717) is 11.8 Å². The fourth-order valence-corrected chi connectivity index (χ4v) is 19.1. The van der Waals surface area contributed by atoms with Gasteiger partial charge in [0.05, 0.1) is 16.2 Å². The highest BCUT2D eigenvalue weighted by Gasteiger charge is 2.58. The highest BCUT2D eigenvalue weighted by atomic mass is 32.1. The zero-order valence-electron chi connectivity index (χ0n) is 52.7. The molecule has 0 bridgehead atoms. The van der Waals surface area contributed by atoms with E-state index in [2.05, 4.69) is 257 Å². The maximum atomic E-state index is 2.87. The van der Waals surface area contributed by atoms with Gasteiger partial charge in [-0.1, -0.05) is 183 Å². The average Bonchev–Trinajstić information content (AvgIpc) is 2.96. The Hall–Kier alpha value is -6.04. The molecule has 7 aromatic carbocycles. The molecule has 4 unspecified atom stereocenters. The Balaban J connectivity index is 1.13. The molecule has 5 heteroatoms. The standard InChI is InChI=1S/C78H88BN3S/c1-47-27-28-48(2)54-44-68-56(43-53(47)54)69-71(83-68)80(51-30-31-57-59(40-51)74(8,9)36-35-73(57,6)7)66-41-52(82-64-26-20-19-25-58(64)77(14)33-21-22-34-78(77,82)15)42-67-70(66)79(69)62-45-60-61(76(12,13)38-37-75(60,10)11)46-65(62)81(67)63-32-29-50(72(3,4)5)39-55(63)49-23-17-16-18-24-49/h16-20,23-26,29-32,39-48H,21-22,27-28,33-38H2,1-15H3. The van der Waals surface area contributed by atoms with Crippen LogP contribution in [0, 0.1) is 0 Å². The quantitative estimate of drug-likeness (QED) is 0.163. The number of hydrogen-bond acceptors (Lipinski definition) is 4. The lowest BCUT2D eigenvalue weighted by Crippen LogP contribution is -2.61. The van der Waals surface area contributed by atoms with Crippen molar-refractivity contribution in [1.29, 1.82) is 0 Å². The van der Waals surface area contributed by atoms with E-state index in [-0.39, 0.29) is 44.7 Å². The summed E-state index contributed by atoms with van der Waals surface area (Å²) in [6.07, 6.45) is 12.0. The van der Waals surface area contributed by atoms with E-state index >= 15 is 0 Å². The third-order valence-electron chi connectivity index (χ3n) is 23.5. The monoisotopic (exact) mass is 1110 g/mol. The molecule has 7 aliphatic rings. The first-order chi connectivity index (χ1) is 39.3. The van der Waals surface area contributed by atoms with Gasteiger partial charge in [0.25, 0.3) is 6.71 Å². The van der Waals surface area contributed by atoms with Crippen LogP contribution in [0.1, 0.15) is 224 Å². The molecule has 1 aromatic heterocycles. The maximum absolute atomic E-state index is 2.87. The van der Waals surface area contributed by atoms with Gasteiger partial charge in [0.1, 0.15) is 0 Å². The Morgan fingerprint density at radius 3 is 1.77 bits per heavy atom. The Labute approximate surface area is 502 Å². The van der Waals surface area contributed by atoms with E-state index in [1.54, 1.807) is 11.1 Å². The first-order valence-electron chi connectivity index (χ1n) is 32.1. The molecule has 4 aliphatic carbocycles. The van der Waals surface area contributed by atoms with Gasteiger partial charge in [-0.15, -0.1) is 11.3 Å². The van der Waals surface area contributed by atoms with Crippen molar-refractivity contribution in [2.75, 3.05) is 14.7 Å². The second kappa shape index (κ2) is 17.8. The molecule has 3 nitrogen and oxygen atoms in total. The summed E-state index contributed by atoms with van der Waals surface area (Å²) in [7, 11) is 0. The van der Waals surface area contributed by atoms with Crippen LogP contribution in [0.4, 0.5) is 44.8 Å². The highest BCUT2D eigenvalue weighted by molar-refractivity contribution is 7.26. The SMILES string of the molecule is CC1CCC(C)c2cc3c4c(sc3cc21)N(c1ccc2c(c1)C(C)(C)CCC2(C)C)c1cc(N2c3ccccc3C3(C)CCCCC23C)cc2c1B4c1cc3c(cc1N2c1ccc(C(C)(C)C)cc1-c1ccccc1)C(C)(C)CCC3(C)C. The molecule has 0 saturated heterocycles. The third kappa shape index (κ3) is 7.59. The van der Waals surface area contributed by atoms with Crippen LogP contribution in [0.25, 0.3) is 21.2 Å². The lowest BCUT2D eigenvalue weighted by molar-refractivity contribution is 0.195. The van der Waals surface area contributed by atoms with Gasteiger partial charge >= 0.3 is 0 Å². The third-order valence-corrected chi connectivity index (χ3v) is 24.6. The number of para-hydroxylation sites is 1. The molecule has 0 radical (unpaired) electrons. The van der Waals surface area contributed by atoms with Gasteiger partial charge in [-0.2, -0.15) is 0 Å². The predicted molar refractivity (Wildman–Crippen MR) is 359 cm³/mol. The summed E-state index contributed by atoms with van der Waals surface area (Å²) < 4.78 is 1.43. The molecule has 1 saturated carbocycles. The molecule has 0 spiro atoms. The van der Waals surface area contributed by atoms with Crippen LogP contribution in [0.15, 0.2) is 127 Å². The van der Waals surface area contributed by atoms with E-state index in [1.165, 1.54) is 167 Å². The van der Waals surface area contributed by atoms with Gasteiger partial charge < -0.3 is 14.7 Å². The van der Waals surface area contributed by atoms with Crippen LogP contribution in [0.2, 0.25) is 0 Å². The summed E-state index contributed by atoms with van der Waals surface area (Å²) in [5, 5.41) is 2.85. The van der Waals surface area contributed by atoms with Crippen molar-refractivity contribution in [3.63, 3.8) is 0 Å². The smallest absolute Gasteiger partial charge is 0.254 e. The summed E-state index contributed by atoms with van der Waals surface area (Å²) in [5.41, 5.74) is 28.1. The van der Waals surface area contributed by atoms with E-state index in [1.807, 2.05) is 0 Å². The minimum absolute atomic E-state index is 0.000765. The summed E-state index contributed by atoms with van der Waals surface area (Å²) >= 11 is 2.07. The normalized spacial score (nSPS) is 24.7. The van der Waals surface area contributed by atoms with Crippen LogP contribution in [-0.4, -0.2) is 12.3 Å². The molecular weight excluding hydrogens is 1020 g/mol. The molecule has 4 heterocycles. The zero-order chi connectivity index (χ0) is 57.9. The lowest BCUT2D eigenvalue weighted by Gasteiger charge is -2.51. The summed E-state index contributed by atoms with van der Waals surface area (Å²) in [4.78, 5) is 8.50. The molecule has 4 atom stereocenters. The second-order valence-corrected chi connectivity index (χ2v) is 32.4. The number of benzene rings is 7. The Bertz CT molecular complexity index is 4030. The van der Waals surface area contributed by atoms with Gasteiger partial charge in [-0.25, -0.2) is 0 Å². The molecule has 0 N–H and O–H groups in total. The van der Waals surface area contributed by atoms with E-state index < -0.39 is 0 Å². The van der Waals surface area contributed by atoms with Gasteiger partial charge in [0.15, 0.2) is 0 Å². The van der Waals surface area contributed by atoms with Crippen molar-refractivity contribution in [1.82, 2.24) is 0 Å². The molecule has 83 heavy (non-hydrogen) atoms. The van der Waals surface area contributed by atoms with Crippen molar-refractivity contribution < 1.29 is 0 Å². The number of fused-ring (bicyclic) bond motifs is 12.